The van der Waals surface area contributed by atoms with E-state index in [1.54, 1.807) is 35.3 Å². The number of carboxylic acid groups (broad SMARTS) is 1. The summed E-state index contributed by atoms with van der Waals surface area (Å²) in [6, 6.07) is 6.20. The Balaban J connectivity index is 1.88. The van der Waals surface area contributed by atoms with Gasteiger partial charge in [-0.2, -0.15) is 0 Å². The van der Waals surface area contributed by atoms with Crippen molar-refractivity contribution in [2.24, 2.45) is 0 Å². The smallest absolute Gasteiger partial charge is 0.326 e. The molecule has 0 spiro atoms. The van der Waals surface area contributed by atoms with Crippen LogP contribution in [-0.4, -0.2) is 49.5 Å². The zero-order valence-corrected chi connectivity index (χ0v) is 11.2. The van der Waals surface area contributed by atoms with Crippen molar-refractivity contribution in [3.8, 4) is 5.69 Å². The summed E-state index contributed by atoms with van der Waals surface area (Å²) >= 11 is 0. The fourth-order valence-corrected chi connectivity index (χ4v) is 2.56. The van der Waals surface area contributed by atoms with E-state index < -0.39 is 12.0 Å². The Morgan fingerprint density at radius 3 is 2.90 bits per heavy atom. The van der Waals surface area contributed by atoms with Crippen molar-refractivity contribution < 1.29 is 14.7 Å². The number of amides is 1. The molecule has 21 heavy (non-hydrogen) atoms. The third kappa shape index (κ3) is 2.49. The molecule has 7 nitrogen and oxygen atoms in total. The second-order valence-corrected chi connectivity index (χ2v) is 4.89. The quantitative estimate of drug-likeness (QED) is 0.907. The number of rotatable bonds is 3. The lowest BCUT2D eigenvalue weighted by atomic mass is 10.1. The number of hydrogen-bond acceptors (Lipinski definition) is 4. The molecular weight excluding hydrogens is 272 g/mol. The molecule has 1 aromatic heterocycles. The van der Waals surface area contributed by atoms with Gasteiger partial charge >= 0.3 is 5.97 Å². The molecule has 0 saturated carbocycles. The fraction of sp³-hybridized carbons (Fsp3) is 0.286. The Morgan fingerprint density at radius 2 is 2.19 bits per heavy atom. The van der Waals surface area contributed by atoms with E-state index in [4.69, 9.17) is 5.11 Å². The van der Waals surface area contributed by atoms with Crippen molar-refractivity contribution in [2.45, 2.75) is 18.9 Å². The minimum atomic E-state index is -0.951. The van der Waals surface area contributed by atoms with Gasteiger partial charge in [-0.3, -0.25) is 4.79 Å². The van der Waals surface area contributed by atoms with Crippen molar-refractivity contribution in [1.29, 1.82) is 0 Å². The van der Waals surface area contributed by atoms with Crippen LogP contribution >= 0.6 is 0 Å². The van der Waals surface area contributed by atoms with Crippen LogP contribution in [0.3, 0.4) is 0 Å². The molecule has 108 valence electrons. The lowest BCUT2D eigenvalue weighted by Gasteiger charge is -2.21. The summed E-state index contributed by atoms with van der Waals surface area (Å²) in [7, 11) is 0. The van der Waals surface area contributed by atoms with Crippen LogP contribution in [0.5, 0.6) is 0 Å². The number of carbonyl (C=O) groups excluding carboxylic acids is 1. The Kier molecular flexibility index (Phi) is 3.39. The van der Waals surface area contributed by atoms with E-state index in [0.717, 1.165) is 0 Å². The van der Waals surface area contributed by atoms with Gasteiger partial charge in [0.25, 0.3) is 5.91 Å². The van der Waals surface area contributed by atoms with Gasteiger partial charge in [-0.15, -0.1) is 5.10 Å². The van der Waals surface area contributed by atoms with Gasteiger partial charge in [-0.25, -0.2) is 9.48 Å². The van der Waals surface area contributed by atoms with Crippen LogP contribution in [0.2, 0.25) is 0 Å². The number of benzene rings is 1. The van der Waals surface area contributed by atoms with Crippen LogP contribution in [0, 0.1) is 0 Å². The van der Waals surface area contributed by atoms with Gasteiger partial charge in [0.05, 0.1) is 18.1 Å². The van der Waals surface area contributed by atoms with Crippen molar-refractivity contribution in [3.63, 3.8) is 0 Å². The number of aliphatic carboxylic acids is 1. The largest absolute Gasteiger partial charge is 0.480 e. The molecule has 0 bridgehead atoms. The highest BCUT2D eigenvalue weighted by Crippen LogP contribution is 2.21. The molecular formula is C14H14N4O3. The molecule has 2 aromatic rings. The molecule has 1 aliphatic heterocycles. The van der Waals surface area contributed by atoms with Crippen LogP contribution in [0.25, 0.3) is 5.69 Å². The highest BCUT2D eigenvalue weighted by Gasteiger charge is 2.34. The standard InChI is InChI=1S/C14H14N4O3/c19-13(17-7-2-5-12(17)14(20)21)10-3-1-4-11(9-10)18-8-6-15-16-18/h1,3-4,6,8-9,12H,2,5,7H2,(H,20,21)/t12-/m1/s1. The maximum atomic E-state index is 12.5. The predicted octanol–water partition coefficient (Wildman–Crippen LogP) is 0.956. The van der Waals surface area contributed by atoms with E-state index in [9.17, 15) is 9.59 Å². The molecule has 1 N–H and O–H groups in total. The zero-order valence-electron chi connectivity index (χ0n) is 11.2. The first-order chi connectivity index (χ1) is 10.2. The lowest BCUT2D eigenvalue weighted by Crippen LogP contribution is -2.40. The molecule has 1 aromatic carbocycles. The van der Waals surface area contributed by atoms with Crippen molar-refractivity contribution in [1.82, 2.24) is 19.9 Å². The average molecular weight is 286 g/mol. The second kappa shape index (κ2) is 5.35. The normalized spacial score (nSPS) is 17.9. The molecule has 0 unspecified atom stereocenters. The Bertz CT molecular complexity index is 669. The number of nitrogens with zero attached hydrogens (tertiary/aromatic N) is 4. The molecule has 3 rings (SSSR count). The van der Waals surface area contributed by atoms with Gasteiger partial charge in [-0.1, -0.05) is 11.3 Å². The number of carboxylic acids is 1. The Hall–Kier alpha value is -2.70. The van der Waals surface area contributed by atoms with Crippen LogP contribution in [0.15, 0.2) is 36.7 Å². The number of aromatic nitrogens is 3. The van der Waals surface area contributed by atoms with E-state index in [1.165, 1.54) is 4.90 Å². The van der Waals surface area contributed by atoms with Crippen LogP contribution in [0.4, 0.5) is 0 Å². The van der Waals surface area contributed by atoms with Crippen LogP contribution in [-0.2, 0) is 4.79 Å². The minimum absolute atomic E-state index is 0.262. The van der Waals surface area contributed by atoms with Crippen LogP contribution < -0.4 is 0 Å². The number of likely N-dealkylation sites (tertiary alicyclic amines) is 1. The molecule has 1 saturated heterocycles. The molecule has 1 amide bonds. The summed E-state index contributed by atoms with van der Waals surface area (Å²) in [4.78, 5) is 25.1. The van der Waals surface area contributed by atoms with E-state index >= 15 is 0 Å². The first-order valence-corrected chi connectivity index (χ1v) is 6.67. The zero-order chi connectivity index (χ0) is 14.8. The first-order valence-electron chi connectivity index (χ1n) is 6.67. The number of carbonyl (C=O) groups is 2. The molecule has 1 aliphatic rings. The SMILES string of the molecule is O=C(O)[C@H]1CCCN1C(=O)c1cccc(-n2ccnn2)c1. The first kappa shape index (κ1) is 13.3. The van der Waals surface area contributed by atoms with Gasteiger partial charge in [0.2, 0.25) is 0 Å². The number of hydrogen-bond donors (Lipinski definition) is 1. The van der Waals surface area contributed by atoms with Gasteiger partial charge in [0.1, 0.15) is 6.04 Å². The van der Waals surface area contributed by atoms with Crippen molar-refractivity contribution >= 4 is 11.9 Å². The van der Waals surface area contributed by atoms with Crippen molar-refractivity contribution in [2.75, 3.05) is 6.54 Å². The third-order valence-electron chi connectivity index (χ3n) is 3.58. The molecule has 0 radical (unpaired) electrons. The molecule has 7 heteroatoms. The molecule has 1 atom stereocenters. The summed E-state index contributed by atoms with van der Waals surface area (Å²) in [5, 5.41) is 16.8. The average Bonchev–Trinajstić information content (AvgIpc) is 3.17. The highest BCUT2D eigenvalue weighted by atomic mass is 16.4. The monoisotopic (exact) mass is 286 g/mol. The van der Waals surface area contributed by atoms with E-state index in [1.807, 2.05) is 6.07 Å². The predicted molar refractivity (Wildman–Crippen MR) is 73.1 cm³/mol. The van der Waals surface area contributed by atoms with E-state index in [2.05, 4.69) is 10.3 Å². The topological polar surface area (TPSA) is 88.3 Å². The van der Waals surface area contributed by atoms with E-state index in [-0.39, 0.29) is 5.91 Å². The molecule has 0 aliphatic carbocycles. The van der Waals surface area contributed by atoms with Crippen molar-refractivity contribution in [3.05, 3.63) is 42.2 Å². The van der Waals surface area contributed by atoms with Gasteiger partial charge in [0.15, 0.2) is 0 Å². The van der Waals surface area contributed by atoms with Gasteiger partial charge in [-0.05, 0) is 31.0 Å². The summed E-state index contributed by atoms with van der Waals surface area (Å²) in [6.45, 7) is 0.476. The summed E-state index contributed by atoms with van der Waals surface area (Å²) in [5.74, 6) is -1.21. The molecule has 1 fully saturated rings. The molecule has 2 heterocycles. The fourth-order valence-electron chi connectivity index (χ4n) is 2.56. The lowest BCUT2D eigenvalue weighted by molar-refractivity contribution is -0.141. The van der Waals surface area contributed by atoms with Crippen LogP contribution in [0.1, 0.15) is 23.2 Å². The summed E-state index contributed by atoms with van der Waals surface area (Å²) in [6.07, 6.45) is 4.45. The van der Waals surface area contributed by atoms with Gasteiger partial charge < -0.3 is 10.0 Å². The highest BCUT2D eigenvalue weighted by molar-refractivity contribution is 5.97. The second-order valence-electron chi connectivity index (χ2n) is 4.89. The van der Waals surface area contributed by atoms with Gasteiger partial charge in [0, 0.05) is 12.1 Å². The van der Waals surface area contributed by atoms with E-state index in [0.29, 0.717) is 30.6 Å². The maximum absolute atomic E-state index is 12.5. The third-order valence-corrected chi connectivity index (χ3v) is 3.58. The summed E-state index contributed by atoms with van der Waals surface area (Å²) in [5.41, 5.74) is 1.17. The maximum Gasteiger partial charge on any atom is 0.326 e. The Morgan fingerprint density at radius 1 is 1.33 bits per heavy atom. The Labute approximate surface area is 120 Å². The minimum Gasteiger partial charge on any atom is -0.480 e. The summed E-state index contributed by atoms with van der Waals surface area (Å²) < 4.78 is 1.55.